The third kappa shape index (κ3) is 7.33. The highest BCUT2D eigenvalue weighted by Gasteiger charge is 2.61. The van der Waals surface area contributed by atoms with E-state index in [-0.39, 0.29) is 5.41 Å². The molecule has 0 saturated heterocycles. The molecule has 0 amide bonds. The van der Waals surface area contributed by atoms with Gasteiger partial charge in [0.05, 0.1) is 0 Å². The molecule has 2 heteroatoms. The molecule has 8 unspecified atom stereocenters. The van der Waals surface area contributed by atoms with E-state index < -0.39 is 0 Å². The maximum absolute atomic E-state index is 6.32. The lowest BCUT2D eigenvalue weighted by Crippen LogP contribution is -2.54. The van der Waals surface area contributed by atoms with Gasteiger partial charge in [0, 0.05) is 5.41 Å². The molecule has 0 bridgehead atoms. The van der Waals surface area contributed by atoms with Crippen molar-refractivity contribution in [3.8, 4) is 23.0 Å². The molecule has 8 atom stereocenters. The molecule has 3 fully saturated rings. The number of hydrogen-bond acceptors (Lipinski definition) is 2. The van der Waals surface area contributed by atoms with Gasteiger partial charge in [-0.15, -0.1) is 0 Å². The fourth-order valence-corrected chi connectivity index (χ4v) is 12.5. The van der Waals surface area contributed by atoms with E-state index in [1.165, 1.54) is 73.6 Å². The number of hydrogen-bond donors (Lipinski definition) is 0. The Balaban J connectivity index is 1.07. The highest BCUT2D eigenvalue weighted by molar-refractivity contribution is 5.46. The summed E-state index contributed by atoms with van der Waals surface area (Å²) in [7, 11) is 0. The molecule has 4 aromatic carbocycles. The van der Waals surface area contributed by atoms with Gasteiger partial charge < -0.3 is 9.47 Å². The average molecular weight is 735 g/mol. The van der Waals surface area contributed by atoms with Gasteiger partial charge in [0.2, 0.25) is 0 Å². The lowest BCUT2D eigenvalue weighted by atomic mass is 9.43. The Morgan fingerprint density at radius 3 is 1.60 bits per heavy atom. The van der Waals surface area contributed by atoms with Crippen molar-refractivity contribution in [3.63, 3.8) is 0 Å². The summed E-state index contributed by atoms with van der Waals surface area (Å²) < 4.78 is 12.6. The lowest BCUT2D eigenvalue weighted by molar-refractivity contribution is -0.0720. The molecule has 2 nitrogen and oxygen atoms in total. The molecule has 4 aromatic rings. The Bertz CT molecular complexity index is 1830. The van der Waals surface area contributed by atoms with E-state index in [1.54, 1.807) is 0 Å². The fraction of sp³-hybridized carbons (Fsp3) is 0.509. The number of aryl methyl sites for hydroxylation is 2. The van der Waals surface area contributed by atoms with Gasteiger partial charge >= 0.3 is 0 Å². The first-order chi connectivity index (χ1) is 26.5. The molecule has 8 rings (SSSR count). The van der Waals surface area contributed by atoms with Gasteiger partial charge in [-0.2, -0.15) is 0 Å². The molecule has 0 aromatic heterocycles. The largest absolute Gasteiger partial charge is 0.457 e. The third-order valence-corrected chi connectivity index (χ3v) is 15.8. The van der Waals surface area contributed by atoms with Crippen LogP contribution in [0.25, 0.3) is 0 Å². The minimum atomic E-state index is -0.0841. The van der Waals surface area contributed by atoms with Crippen LogP contribution in [0.3, 0.4) is 0 Å². The van der Waals surface area contributed by atoms with Crippen LogP contribution in [0.4, 0.5) is 0 Å². The van der Waals surface area contributed by atoms with E-state index in [0.717, 1.165) is 71.3 Å². The van der Waals surface area contributed by atoms with Gasteiger partial charge in [0.15, 0.2) is 0 Å². The van der Waals surface area contributed by atoms with E-state index in [0.29, 0.717) is 16.7 Å². The molecular weight excluding hydrogens is 669 g/mol. The number of benzene rings is 4. The van der Waals surface area contributed by atoms with Crippen molar-refractivity contribution in [2.45, 2.75) is 118 Å². The summed E-state index contributed by atoms with van der Waals surface area (Å²) in [6, 6.07) is 34.8. The van der Waals surface area contributed by atoms with Gasteiger partial charge in [0.1, 0.15) is 23.0 Å². The normalized spacial score (nSPS) is 29.9. The van der Waals surface area contributed by atoms with E-state index in [2.05, 4.69) is 158 Å². The van der Waals surface area contributed by atoms with Crippen molar-refractivity contribution < 1.29 is 9.47 Å². The number of ether oxygens (including phenoxy) is 2. The van der Waals surface area contributed by atoms with Gasteiger partial charge in [-0.3, -0.25) is 0 Å². The van der Waals surface area contributed by atoms with E-state index in [9.17, 15) is 0 Å². The van der Waals surface area contributed by atoms with Crippen molar-refractivity contribution >= 4 is 0 Å². The molecule has 0 radical (unpaired) electrons. The van der Waals surface area contributed by atoms with Crippen LogP contribution in [0.5, 0.6) is 23.0 Å². The maximum atomic E-state index is 6.32. The van der Waals surface area contributed by atoms with Crippen LogP contribution in [0.1, 0.15) is 121 Å². The first-order valence-corrected chi connectivity index (χ1v) is 21.9. The molecule has 0 heterocycles. The highest BCUT2D eigenvalue weighted by Crippen LogP contribution is 2.68. The Kier molecular flexibility index (Phi) is 10.6. The molecule has 4 aliphatic carbocycles. The van der Waals surface area contributed by atoms with E-state index in [4.69, 9.17) is 9.47 Å². The zero-order valence-electron chi connectivity index (χ0n) is 34.8. The van der Waals surface area contributed by atoms with Crippen LogP contribution in [0.15, 0.2) is 109 Å². The molecule has 55 heavy (non-hydrogen) atoms. The number of rotatable bonds is 11. The molecule has 290 valence electrons. The Labute approximate surface area is 333 Å². The summed E-state index contributed by atoms with van der Waals surface area (Å²) in [5.74, 6) is 8.99. The number of allylic oxidation sites excluding steroid dienone is 2. The van der Waals surface area contributed by atoms with Crippen LogP contribution in [0.2, 0.25) is 0 Å². The first-order valence-electron chi connectivity index (χ1n) is 21.9. The molecule has 3 saturated carbocycles. The standard InChI is InChI=1S/C53H66O2/c1-36(2)9-8-10-39(5)48-29-30-49-47-28-19-42-35-53(34-33-51(42,6)50(47)31-32-52(48,49)7,40-15-24-45(25-16-40)54-43-20-11-37(3)12-21-43)41-17-26-46(27-18-41)55-44-22-13-38(4)14-23-44/h11-28,36,39,42,47-50H,8-10,29-35H2,1-7H3. The molecule has 0 spiro atoms. The van der Waals surface area contributed by atoms with E-state index in [1.807, 2.05) is 0 Å². The van der Waals surface area contributed by atoms with Gasteiger partial charge in [-0.25, -0.2) is 0 Å². The van der Waals surface area contributed by atoms with Crippen molar-refractivity contribution in [3.05, 3.63) is 131 Å². The highest BCUT2D eigenvalue weighted by atomic mass is 16.5. The quantitative estimate of drug-likeness (QED) is 0.143. The van der Waals surface area contributed by atoms with Crippen LogP contribution in [0, 0.1) is 66.1 Å². The Morgan fingerprint density at radius 2 is 1.07 bits per heavy atom. The number of fused-ring (bicyclic) bond motifs is 5. The summed E-state index contributed by atoms with van der Waals surface area (Å²) in [4.78, 5) is 0. The second-order valence-corrected chi connectivity index (χ2v) is 19.5. The van der Waals surface area contributed by atoms with Gasteiger partial charge in [0.25, 0.3) is 0 Å². The summed E-state index contributed by atoms with van der Waals surface area (Å²) in [5.41, 5.74) is 6.01. The third-order valence-electron chi connectivity index (χ3n) is 15.8. The maximum Gasteiger partial charge on any atom is 0.127 e. The van der Waals surface area contributed by atoms with Crippen molar-refractivity contribution in [2.24, 2.45) is 52.3 Å². The zero-order valence-corrected chi connectivity index (χ0v) is 34.8. The zero-order chi connectivity index (χ0) is 38.4. The summed E-state index contributed by atoms with van der Waals surface area (Å²) in [6.45, 7) is 17.0. The topological polar surface area (TPSA) is 18.5 Å². The van der Waals surface area contributed by atoms with Crippen LogP contribution in [-0.2, 0) is 5.41 Å². The first kappa shape index (κ1) is 38.1. The van der Waals surface area contributed by atoms with Gasteiger partial charge in [-0.05, 0) is 171 Å². The average Bonchev–Trinajstić information content (AvgIpc) is 3.54. The smallest absolute Gasteiger partial charge is 0.127 e. The van der Waals surface area contributed by atoms with Crippen LogP contribution < -0.4 is 9.47 Å². The molecule has 0 aliphatic heterocycles. The summed E-state index contributed by atoms with van der Waals surface area (Å²) in [5, 5.41) is 0. The fourth-order valence-electron chi connectivity index (χ4n) is 12.5. The van der Waals surface area contributed by atoms with Crippen molar-refractivity contribution in [1.82, 2.24) is 0 Å². The summed E-state index contributed by atoms with van der Waals surface area (Å²) in [6.07, 6.45) is 18.9. The second-order valence-electron chi connectivity index (χ2n) is 19.5. The predicted molar refractivity (Wildman–Crippen MR) is 229 cm³/mol. The predicted octanol–water partition coefficient (Wildman–Crippen LogP) is 15.1. The van der Waals surface area contributed by atoms with E-state index >= 15 is 0 Å². The minimum absolute atomic E-state index is 0.0841. The van der Waals surface area contributed by atoms with Crippen LogP contribution in [-0.4, -0.2) is 0 Å². The van der Waals surface area contributed by atoms with Gasteiger partial charge in [-0.1, -0.05) is 126 Å². The molecular formula is C53H66O2. The Hall–Kier alpha value is -3.78. The minimum Gasteiger partial charge on any atom is -0.457 e. The molecule has 0 N–H and O–H groups in total. The monoisotopic (exact) mass is 735 g/mol. The second kappa shape index (κ2) is 15.3. The molecule has 4 aliphatic rings. The van der Waals surface area contributed by atoms with Crippen molar-refractivity contribution in [1.29, 1.82) is 0 Å². The van der Waals surface area contributed by atoms with Crippen LogP contribution >= 0.6 is 0 Å². The van der Waals surface area contributed by atoms with Crippen molar-refractivity contribution in [2.75, 3.05) is 0 Å². The lowest BCUT2D eigenvalue weighted by Gasteiger charge is -2.61. The SMILES string of the molecule is Cc1ccc(Oc2ccc(C3(c4ccc(Oc5ccc(C)cc5)cc4)CCC4(C)C(C=CC5C4CCC4(C)C(C(C)CCCC(C)C)CCC54)C3)cc2)cc1. The summed E-state index contributed by atoms with van der Waals surface area (Å²) >= 11 is 0. The Morgan fingerprint density at radius 1 is 0.564 bits per heavy atom.